The van der Waals surface area contributed by atoms with Crippen molar-refractivity contribution in [2.75, 3.05) is 12.4 Å². The van der Waals surface area contributed by atoms with Crippen LogP contribution in [-0.2, 0) is 4.74 Å². The van der Waals surface area contributed by atoms with Gasteiger partial charge in [-0.15, -0.1) is 11.3 Å². The molecule has 0 atom stereocenters. The summed E-state index contributed by atoms with van der Waals surface area (Å²) in [5, 5.41) is 15.5. The summed E-state index contributed by atoms with van der Waals surface area (Å²) in [4.78, 5) is 28.4. The predicted molar refractivity (Wildman–Crippen MR) is 126 cm³/mol. The molecule has 0 fully saturated rings. The van der Waals surface area contributed by atoms with Gasteiger partial charge in [0.2, 0.25) is 0 Å². The van der Waals surface area contributed by atoms with E-state index in [0.717, 1.165) is 9.86 Å². The Bertz CT molecular complexity index is 1450. The largest absolute Gasteiger partial charge is 0.465 e. The lowest BCUT2D eigenvalue weighted by atomic mass is 10.1. The SMILES string of the molecule is COC(=O)c1ccc(N/C=C(\C#N)c2nc(-c3cc4cc(Br)ccc4oc3=O)cs2)cc1. The van der Waals surface area contributed by atoms with Crippen LogP contribution in [0.3, 0.4) is 0 Å². The number of esters is 1. The molecule has 0 saturated heterocycles. The molecular weight excluding hydrogens is 494 g/mol. The van der Waals surface area contributed by atoms with Crippen LogP contribution in [0.4, 0.5) is 5.69 Å². The number of fused-ring (bicyclic) bond motifs is 1. The van der Waals surface area contributed by atoms with Crippen LogP contribution in [0.25, 0.3) is 27.8 Å². The molecule has 0 unspecified atom stereocenters. The molecule has 0 amide bonds. The maximum atomic E-state index is 12.4. The van der Waals surface area contributed by atoms with Gasteiger partial charge in [0.05, 0.1) is 23.9 Å². The number of hydrogen-bond donors (Lipinski definition) is 1. The molecule has 0 spiro atoms. The van der Waals surface area contributed by atoms with Gasteiger partial charge in [0.1, 0.15) is 22.2 Å². The van der Waals surface area contributed by atoms with Crippen LogP contribution in [0.15, 0.2) is 73.8 Å². The van der Waals surface area contributed by atoms with Gasteiger partial charge in [-0.25, -0.2) is 14.6 Å². The topological polar surface area (TPSA) is 105 Å². The summed E-state index contributed by atoms with van der Waals surface area (Å²) in [5.74, 6) is -0.425. The van der Waals surface area contributed by atoms with Crippen molar-refractivity contribution in [3.63, 3.8) is 0 Å². The zero-order valence-corrected chi connectivity index (χ0v) is 19.0. The molecule has 158 valence electrons. The van der Waals surface area contributed by atoms with Crippen molar-refractivity contribution in [3.8, 4) is 17.3 Å². The summed E-state index contributed by atoms with van der Waals surface area (Å²) >= 11 is 4.65. The number of anilines is 1. The Morgan fingerprint density at radius 1 is 1.25 bits per heavy atom. The van der Waals surface area contributed by atoms with Crippen LogP contribution in [0.5, 0.6) is 0 Å². The minimum absolute atomic E-state index is 0.297. The minimum atomic E-state index is -0.497. The first-order valence-corrected chi connectivity index (χ1v) is 10.9. The highest BCUT2D eigenvalue weighted by molar-refractivity contribution is 9.10. The standard InChI is InChI=1S/C23H14BrN3O4S/c1-30-22(28)13-2-5-17(6-3-13)26-11-15(10-25)21-27-19(12-32-21)18-9-14-8-16(24)4-7-20(14)31-23(18)29/h2-9,11-12,26H,1H3/b15-11+. The van der Waals surface area contributed by atoms with E-state index in [9.17, 15) is 14.9 Å². The molecule has 0 aliphatic rings. The Labute approximate surface area is 194 Å². The molecule has 0 radical (unpaired) electrons. The molecule has 4 aromatic rings. The molecule has 0 bridgehead atoms. The average Bonchev–Trinajstić information content (AvgIpc) is 3.29. The fourth-order valence-corrected chi connectivity index (χ4v) is 4.08. The van der Waals surface area contributed by atoms with E-state index in [1.54, 1.807) is 47.8 Å². The second-order valence-electron chi connectivity index (χ2n) is 6.55. The van der Waals surface area contributed by atoms with Crippen LogP contribution in [0, 0.1) is 11.3 Å². The molecule has 0 saturated carbocycles. The van der Waals surface area contributed by atoms with E-state index in [1.807, 2.05) is 6.07 Å². The van der Waals surface area contributed by atoms with E-state index in [4.69, 9.17) is 4.42 Å². The van der Waals surface area contributed by atoms with E-state index in [1.165, 1.54) is 24.6 Å². The number of benzene rings is 2. The number of hydrogen-bond acceptors (Lipinski definition) is 8. The second-order valence-corrected chi connectivity index (χ2v) is 8.32. The summed E-state index contributed by atoms with van der Waals surface area (Å²) < 4.78 is 10.9. The van der Waals surface area contributed by atoms with Crippen molar-refractivity contribution in [2.45, 2.75) is 0 Å². The number of methoxy groups -OCH3 is 1. The second kappa shape index (κ2) is 9.18. The van der Waals surface area contributed by atoms with Crippen molar-refractivity contribution in [2.24, 2.45) is 0 Å². The number of nitrogens with zero attached hydrogens (tertiary/aromatic N) is 2. The minimum Gasteiger partial charge on any atom is -0.465 e. The number of allylic oxidation sites excluding steroid dienone is 1. The highest BCUT2D eigenvalue weighted by Crippen LogP contribution is 2.27. The Morgan fingerprint density at radius 2 is 2.03 bits per heavy atom. The Kier molecular flexibility index (Phi) is 6.16. The molecule has 32 heavy (non-hydrogen) atoms. The zero-order valence-electron chi connectivity index (χ0n) is 16.6. The summed E-state index contributed by atoms with van der Waals surface area (Å²) in [7, 11) is 1.32. The number of nitriles is 1. The number of thiazole rings is 1. The number of ether oxygens (including phenoxy) is 1. The van der Waals surface area contributed by atoms with Crippen LogP contribution >= 0.6 is 27.3 Å². The van der Waals surface area contributed by atoms with E-state index in [2.05, 4.69) is 37.0 Å². The van der Waals surface area contributed by atoms with Crippen molar-refractivity contribution in [1.29, 1.82) is 5.26 Å². The monoisotopic (exact) mass is 507 g/mol. The third-order valence-corrected chi connectivity index (χ3v) is 5.88. The van der Waals surface area contributed by atoms with Crippen LogP contribution in [0.1, 0.15) is 15.4 Å². The van der Waals surface area contributed by atoms with E-state index in [-0.39, 0.29) is 0 Å². The predicted octanol–water partition coefficient (Wildman–Crippen LogP) is 5.44. The molecule has 2 aromatic carbocycles. The van der Waals surface area contributed by atoms with Crippen molar-refractivity contribution >= 4 is 55.5 Å². The van der Waals surface area contributed by atoms with Crippen LogP contribution in [-0.4, -0.2) is 18.1 Å². The molecule has 2 heterocycles. The third kappa shape index (κ3) is 4.46. The summed E-state index contributed by atoms with van der Waals surface area (Å²) in [6.07, 6.45) is 1.52. The van der Waals surface area contributed by atoms with Crippen molar-refractivity contribution in [1.82, 2.24) is 4.98 Å². The normalized spacial score (nSPS) is 11.2. The Balaban J connectivity index is 1.60. The number of nitrogens with one attached hydrogen (secondary N) is 1. The zero-order chi connectivity index (χ0) is 22.7. The smallest absolute Gasteiger partial charge is 0.345 e. The maximum Gasteiger partial charge on any atom is 0.345 e. The quantitative estimate of drug-likeness (QED) is 0.217. The van der Waals surface area contributed by atoms with Gasteiger partial charge in [0.15, 0.2) is 0 Å². The first-order valence-electron chi connectivity index (χ1n) is 9.23. The van der Waals surface area contributed by atoms with Gasteiger partial charge in [-0.2, -0.15) is 5.26 Å². The molecule has 2 aromatic heterocycles. The number of carbonyl (C=O) groups is 1. The fraction of sp³-hybridized carbons (Fsp3) is 0.0435. The summed E-state index contributed by atoms with van der Waals surface area (Å²) in [6, 6.07) is 15.8. The number of aromatic nitrogens is 1. The molecule has 9 heteroatoms. The third-order valence-electron chi connectivity index (χ3n) is 4.51. The van der Waals surface area contributed by atoms with Crippen LogP contribution in [0.2, 0.25) is 0 Å². The maximum absolute atomic E-state index is 12.4. The van der Waals surface area contributed by atoms with E-state index in [0.29, 0.717) is 38.7 Å². The highest BCUT2D eigenvalue weighted by Gasteiger charge is 2.14. The van der Waals surface area contributed by atoms with Gasteiger partial charge in [0, 0.05) is 27.1 Å². The van der Waals surface area contributed by atoms with Gasteiger partial charge < -0.3 is 14.5 Å². The molecule has 1 N–H and O–H groups in total. The summed E-state index contributed by atoms with van der Waals surface area (Å²) in [5.41, 5.74) is 2.15. The molecule has 0 aliphatic carbocycles. The molecule has 0 aliphatic heterocycles. The Hall–Kier alpha value is -3.74. The molecular formula is C23H14BrN3O4S. The van der Waals surface area contributed by atoms with Gasteiger partial charge in [0.25, 0.3) is 0 Å². The summed E-state index contributed by atoms with van der Waals surface area (Å²) in [6.45, 7) is 0. The fourth-order valence-electron chi connectivity index (χ4n) is 2.91. The van der Waals surface area contributed by atoms with Gasteiger partial charge in [-0.1, -0.05) is 15.9 Å². The first-order chi connectivity index (χ1) is 15.5. The lowest BCUT2D eigenvalue weighted by molar-refractivity contribution is 0.0601. The van der Waals surface area contributed by atoms with Crippen LogP contribution < -0.4 is 10.9 Å². The van der Waals surface area contributed by atoms with Gasteiger partial charge in [-0.3, -0.25) is 0 Å². The van der Waals surface area contributed by atoms with Crippen molar-refractivity contribution in [3.05, 3.63) is 85.6 Å². The van der Waals surface area contributed by atoms with Gasteiger partial charge in [-0.05, 0) is 48.5 Å². The average molecular weight is 508 g/mol. The molecule has 7 nitrogen and oxygen atoms in total. The van der Waals surface area contributed by atoms with E-state index < -0.39 is 11.6 Å². The highest BCUT2D eigenvalue weighted by atomic mass is 79.9. The number of carbonyl (C=O) groups excluding carboxylic acids is 1. The van der Waals surface area contributed by atoms with Crippen molar-refractivity contribution < 1.29 is 13.9 Å². The lowest BCUT2D eigenvalue weighted by Gasteiger charge is -2.03. The number of rotatable bonds is 5. The van der Waals surface area contributed by atoms with Gasteiger partial charge >= 0.3 is 11.6 Å². The Morgan fingerprint density at radius 3 is 2.75 bits per heavy atom. The molecule has 4 rings (SSSR count). The van der Waals surface area contributed by atoms with E-state index >= 15 is 0 Å². The number of halogens is 1. The lowest BCUT2D eigenvalue weighted by Crippen LogP contribution is -2.03. The first kappa shape index (κ1) is 21.5.